The molecule has 0 atom stereocenters. The molecular weight excluding hydrogens is 405 g/mol. The van der Waals surface area contributed by atoms with Gasteiger partial charge in [0.2, 0.25) is 0 Å². The van der Waals surface area contributed by atoms with Gasteiger partial charge in [-0.3, -0.25) is 9.10 Å². The van der Waals surface area contributed by atoms with Crippen molar-refractivity contribution in [3.05, 3.63) is 95.3 Å². The van der Waals surface area contributed by atoms with Crippen molar-refractivity contribution in [2.24, 2.45) is 5.10 Å². The van der Waals surface area contributed by atoms with E-state index >= 15 is 0 Å². The number of halogens is 1. The minimum absolute atomic E-state index is 0.180. The summed E-state index contributed by atoms with van der Waals surface area (Å²) in [5.41, 5.74) is 4.21. The van der Waals surface area contributed by atoms with Gasteiger partial charge in [-0.1, -0.05) is 35.9 Å². The zero-order chi connectivity index (χ0) is 21.7. The minimum Gasteiger partial charge on any atom is -0.269 e. The lowest BCUT2D eigenvalue weighted by atomic mass is 10.2. The van der Waals surface area contributed by atoms with Crippen LogP contribution < -0.4 is 9.73 Å². The third-order valence-electron chi connectivity index (χ3n) is 4.45. The number of carbonyl (C=O) groups is 1. The van der Waals surface area contributed by atoms with E-state index in [9.17, 15) is 17.6 Å². The number of hydrogen-bond donors (Lipinski definition) is 1. The van der Waals surface area contributed by atoms with E-state index in [-0.39, 0.29) is 16.0 Å². The maximum Gasteiger partial charge on any atom is 0.271 e. The van der Waals surface area contributed by atoms with Crippen LogP contribution in [0.25, 0.3) is 0 Å². The SMILES string of the molecule is Cc1ccc(S(=O)(=O)N(C)c2ccc(C(=O)N/N=C\c3ccccc3F)cc2)cc1. The van der Waals surface area contributed by atoms with Crippen molar-refractivity contribution >= 4 is 27.8 Å². The number of hydrogen-bond acceptors (Lipinski definition) is 4. The number of anilines is 1. The highest BCUT2D eigenvalue weighted by Crippen LogP contribution is 2.22. The molecule has 0 saturated heterocycles. The number of benzene rings is 3. The van der Waals surface area contributed by atoms with Crippen LogP contribution in [0.4, 0.5) is 10.1 Å². The topological polar surface area (TPSA) is 78.8 Å². The molecule has 0 fully saturated rings. The molecule has 0 heterocycles. The normalized spacial score (nSPS) is 11.4. The number of nitrogens with zero attached hydrogens (tertiary/aromatic N) is 2. The first kappa shape index (κ1) is 21.2. The van der Waals surface area contributed by atoms with E-state index in [0.29, 0.717) is 5.69 Å². The summed E-state index contributed by atoms with van der Waals surface area (Å²) in [5.74, 6) is -0.948. The predicted molar refractivity (Wildman–Crippen MR) is 115 cm³/mol. The van der Waals surface area contributed by atoms with Gasteiger partial charge in [-0.2, -0.15) is 5.10 Å². The Morgan fingerprint density at radius 1 is 1.00 bits per heavy atom. The molecule has 1 amide bonds. The van der Waals surface area contributed by atoms with Crippen molar-refractivity contribution in [3.8, 4) is 0 Å². The highest BCUT2D eigenvalue weighted by Gasteiger charge is 2.21. The smallest absolute Gasteiger partial charge is 0.269 e. The number of nitrogens with one attached hydrogen (secondary N) is 1. The maximum atomic E-state index is 13.5. The number of aryl methyl sites for hydroxylation is 1. The molecule has 0 saturated carbocycles. The first-order valence-electron chi connectivity index (χ1n) is 9.02. The van der Waals surface area contributed by atoms with Gasteiger partial charge in [0.25, 0.3) is 15.9 Å². The second-order valence-electron chi connectivity index (χ2n) is 6.55. The summed E-state index contributed by atoms with van der Waals surface area (Å²) in [5, 5.41) is 3.75. The van der Waals surface area contributed by atoms with Crippen molar-refractivity contribution in [2.45, 2.75) is 11.8 Å². The van der Waals surface area contributed by atoms with Gasteiger partial charge in [0, 0.05) is 18.2 Å². The predicted octanol–water partition coefficient (Wildman–Crippen LogP) is 3.72. The van der Waals surface area contributed by atoms with Crippen LogP contribution in [0.3, 0.4) is 0 Å². The van der Waals surface area contributed by atoms with Gasteiger partial charge < -0.3 is 0 Å². The van der Waals surface area contributed by atoms with Crippen LogP contribution in [0, 0.1) is 12.7 Å². The monoisotopic (exact) mass is 425 g/mol. The molecule has 8 heteroatoms. The third-order valence-corrected chi connectivity index (χ3v) is 6.25. The number of hydrazone groups is 1. The Morgan fingerprint density at radius 2 is 1.63 bits per heavy atom. The molecule has 0 unspecified atom stereocenters. The zero-order valence-corrected chi connectivity index (χ0v) is 17.2. The van der Waals surface area contributed by atoms with Crippen LogP contribution >= 0.6 is 0 Å². The van der Waals surface area contributed by atoms with E-state index in [1.165, 1.54) is 49.7 Å². The van der Waals surface area contributed by atoms with Gasteiger partial charge in [0.1, 0.15) is 5.82 Å². The molecule has 3 aromatic carbocycles. The molecule has 0 radical (unpaired) electrons. The summed E-state index contributed by atoms with van der Waals surface area (Å²) < 4.78 is 40.2. The Labute approximate surface area is 174 Å². The summed E-state index contributed by atoms with van der Waals surface area (Å²) in [6.07, 6.45) is 1.21. The third kappa shape index (κ3) is 4.72. The number of amides is 1. The Balaban J connectivity index is 1.70. The highest BCUT2D eigenvalue weighted by molar-refractivity contribution is 7.92. The molecule has 6 nitrogen and oxygen atoms in total. The summed E-state index contributed by atoms with van der Waals surface area (Å²) in [6, 6.07) is 18.7. The average molecular weight is 425 g/mol. The highest BCUT2D eigenvalue weighted by atomic mass is 32.2. The second-order valence-corrected chi connectivity index (χ2v) is 8.52. The molecule has 3 aromatic rings. The van der Waals surface area contributed by atoms with Crippen LogP contribution in [-0.2, 0) is 10.0 Å². The fourth-order valence-electron chi connectivity index (χ4n) is 2.63. The summed E-state index contributed by atoms with van der Waals surface area (Å²) in [7, 11) is -2.27. The van der Waals surface area contributed by atoms with E-state index in [1.807, 2.05) is 6.92 Å². The molecule has 3 rings (SSSR count). The van der Waals surface area contributed by atoms with Gasteiger partial charge in [-0.05, 0) is 49.4 Å². The van der Waals surface area contributed by atoms with Crippen molar-refractivity contribution in [2.75, 3.05) is 11.4 Å². The molecule has 0 aromatic heterocycles. The molecular formula is C22H20FN3O3S. The fraction of sp³-hybridized carbons (Fsp3) is 0.0909. The standard InChI is InChI=1S/C22H20FN3O3S/c1-16-7-13-20(14-8-16)30(28,29)26(2)19-11-9-17(10-12-19)22(27)25-24-15-18-5-3-4-6-21(18)23/h3-15H,1-2H3,(H,25,27)/b24-15-. The molecule has 0 aliphatic carbocycles. The molecule has 0 aliphatic heterocycles. The average Bonchev–Trinajstić information content (AvgIpc) is 2.75. The Bertz CT molecular complexity index is 1180. The largest absolute Gasteiger partial charge is 0.271 e. The van der Waals surface area contributed by atoms with Gasteiger partial charge >= 0.3 is 0 Å². The van der Waals surface area contributed by atoms with E-state index in [2.05, 4.69) is 10.5 Å². The van der Waals surface area contributed by atoms with Crippen molar-refractivity contribution in [1.82, 2.24) is 5.43 Å². The molecule has 154 valence electrons. The van der Waals surface area contributed by atoms with Gasteiger partial charge in [-0.25, -0.2) is 18.2 Å². The minimum atomic E-state index is -3.72. The molecule has 0 aliphatic rings. The summed E-state index contributed by atoms with van der Waals surface area (Å²) in [4.78, 5) is 12.4. The Kier molecular flexibility index (Phi) is 6.27. The van der Waals surface area contributed by atoms with Crippen LogP contribution in [0.1, 0.15) is 21.5 Å². The fourth-order valence-corrected chi connectivity index (χ4v) is 3.83. The van der Waals surface area contributed by atoms with Gasteiger partial charge in [0.05, 0.1) is 16.8 Å². The number of sulfonamides is 1. The van der Waals surface area contributed by atoms with E-state index < -0.39 is 21.7 Å². The molecule has 0 bridgehead atoms. The summed E-state index contributed by atoms with van der Waals surface area (Å²) >= 11 is 0. The second kappa shape index (κ2) is 8.87. The van der Waals surface area contributed by atoms with E-state index in [1.54, 1.807) is 36.4 Å². The van der Waals surface area contributed by atoms with Crippen molar-refractivity contribution < 1.29 is 17.6 Å². The number of carbonyl (C=O) groups excluding carboxylic acids is 1. The van der Waals surface area contributed by atoms with E-state index in [0.717, 1.165) is 9.87 Å². The van der Waals surface area contributed by atoms with Crippen LogP contribution in [0.2, 0.25) is 0 Å². The first-order valence-corrected chi connectivity index (χ1v) is 10.5. The van der Waals surface area contributed by atoms with Crippen LogP contribution in [-0.4, -0.2) is 27.6 Å². The zero-order valence-electron chi connectivity index (χ0n) is 16.4. The summed E-state index contributed by atoms with van der Waals surface area (Å²) in [6.45, 7) is 1.88. The van der Waals surface area contributed by atoms with Gasteiger partial charge in [-0.15, -0.1) is 0 Å². The first-order chi connectivity index (χ1) is 14.3. The maximum absolute atomic E-state index is 13.5. The Morgan fingerprint density at radius 3 is 2.27 bits per heavy atom. The lowest BCUT2D eigenvalue weighted by Gasteiger charge is -2.19. The molecule has 30 heavy (non-hydrogen) atoms. The van der Waals surface area contributed by atoms with Gasteiger partial charge in [0.15, 0.2) is 0 Å². The molecule has 1 N–H and O–H groups in total. The Hall–Kier alpha value is -3.52. The number of rotatable bonds is 6. The van der Waals surface area contributed by atoms with Crippen molar-refractivity contribution in [1.29, 1.82) is 0 Å². The van der Waals surface area contributed by atoms with Crippen LogP contribution in [0.15, 0.2) is 82.8 Å². The van der Waals surface area contributed by atoms with Crippen LogP contribution in [0.5, 0.6) is 0 Å². The molecule has 0 spiro atoms. The lowest BCUT2D eigenvalue weighted by Crippen LogP contribution is -2.26. The quantitative estimate of drug-likeness (QED) is 0.483. The van der Waals surface area contributed by atoms with Crippen molar-refractivity contribution in [3.63, 3.8) is 0 Å². The van der Waals surface area contributed by atoms with E-state index in [4.69, 9.17) is 0 Å². The lowest BCUT2D eigenvalue weighted by molar-refractivity contribution is 0.0955.